The van der Waals surface area contributed by atoms with Crippen LogP contribution < -0.4 is 14.2 Å². The van der Waals surface area contributed by atoms with Crippen molar-refractivity contribution < 1.29 is 29.2 Å². The number of carboxylic acids is 1. The van der Waals surface area contributed by atoms with Gasteiger partial charge in [0.25, 0.3) is 0 Å². The van der Waals surface area contributed by atoms with E-state index in [1.54, 1.807) is 37.3 Å². The van der Waals surface area contributed by atoms with E-state index in [9.17, 15) is 15.0 Å². The zero-order valence-electron chi connectivity index (χ0n) is 14.3. The lowest BCUT2D eigenvalue weighted by atomic mass is 10.0. The van der Waals surface area contributed by atoms with Crippen LogP contribution in [-0.4, -0.2) is 37.0 Å². The molecule has 0 amide bonds. The Morgan fingerprint density at radius 3 is 2.44 bits per heavy atom. The van der Waals surface area contributed by atoms with E-state index in [0.717, 1.165) is 0 Å². The second-order valence-electron chi connectivity index (χ2n) is 5.09. The van der Waals surface area contributed by atoms with Crippen LogP contribution in [0.15, 0.2) is 36.4 Å². The molecule has 132 valence electrons. The van der Waals surface area contributed by atoms with Gasteiger partial charge >= 0.3 is 5.97 Å². The number of carbonyl (C=O) groups is 1. The van der Waals surface area contributed by atoms with Crippen molar-refractivity contribution in [2.45, 2.75) is 6.92 Å². The summed E-state index contributed by atoms with van der Waals surface area (Å²) in [5.41, 5.74) is 1.05. The molecule has 2 aromatic rings. The number of aliphatic carboxylic acids is 1. The monoisotopic (exact) mass is 344 g/mol. The fourth-order valence-electron chi connectivity index (χ4n) is 2.33. The third-order valence-corrected chi connectivity index (χ3v) is 3.52. The summed E-state index contributed by atoms with van der Waals surface area (Å²) in [6.45, 7) is 2.19. The first-order valence-corrected chi connectivity index (χ1v) is 7.63. The van der Waals surface area contributed by atoms with E-state index >= 15 is 0 Å². The number of phenolic OH excluding ortho intramolecular Hbond substituents is 1. The molecule has 25 heavy (non-hydrogen) atoms. The quantitative estimate of drug-likeness (QED) is 0.591. The number of aromatic hydroxyl groups is 1. The normalized spacial score (nSPS) is 11.1. The summed E-state index contributed by atoms with van der Waals surface area (Å²) in [6.07, 6.45) is 1.49. The number of benzene rings is 2. The molecule has 0 heterocycles. The molecule has 6 nitrogen and oxygen atoms in total. The lowest BCUT2D eigenvalue weighted by Crippen LogP contribution is -2.02. The van der Waals surface area contributed by atoms with Crippen molar-refractivity contribution in [1.82, 2.24) is 0 Å². The number of hydrogen-bond donors (Lipinski definition) is 2. The molecule has 0 spiro atoms. The molecule has 2 rings (SSSR count). The highest BCUT2D eigenvalue weighted by Gasteiger charge is 2.17. The molecule has 0 saturated heterocycles. The molecule has 0 bridgehead atoms. The first-order chi connectivity index (χ1) is 12.0. The number of carboxylic acid groups (broad SMARTS) is 1. The maximum Gasteiger partial charge on any atom is 0.336 e. The van der Waals surface area contributed by atoms with Crippen molar-refractivity contribution in [2.75, 3.05) is 20.8 Å². The lowest BCUT2D eigenvalue weighted by molar-refractivity contribution is -0.130. The average molecular weight is 344 g/mol. The first kappa shape index (κ1) is 18.2. The molecule has 0 aromatic heterocycles. The molecule has 2 N–H and O–H groups in total. The van der Waals surface area contributed by atoms with E-state index in [1.165, 1.54) is 26.4 Å². The fraction of sp³-hybridized carbons (Fsp3) is 0.211. The van der Waals surface area contributed by atoms with Gasteiger partial charge in [-0.2, -0.15) is 0 Å². The Morgan fingerprint density at radius 2 is 1.84 bits per heavy atom. The predicted octanol–water partition coefficient (Wildman–Crippen LogP) is 3.43. The second-order valence-corrected chi connectivity index (χ2v) is 5.09. The zero-order valence-corrected chi connectivity index (χ0v) is 14.3. The first-order valence-electron chi connectivity index (χ1n) is 7.63. The Hall–Kier alpha value is -3.15. The minimum absolute atomic E-state index is 0.00194. The number of methoxy groups -OCH3 is 2. The summed E-state index contributed by atoms with van der Waals surface area (Å²) in [4.78, 5) is 11.8. The lowest BCUT2D eigenvalue weighted by Gasteiger charge is -2.12. The third kappa shape index (κ3) is 4.23. The topological polar surface area (TPSA) is 85.2 Å². The number of hydrogen-bond acceptors (Lipinski definition) is 5. The molecule has 6 heteroatoms. The third-order valence-electron chi connectivity index (χ3n) is 3.52. The number of phenols is 1. The molecular weight excluding hydrogens is 324 g/mol. The van der Waals surface area contributed by atoms with Gasteiger partial charge in [0.1, 0.15) is 11.5 Å². The van der Waals surface area contributed by atoms with E-state index in [4.69, 9.17) is 14.2 Å². The van der Waals surface area contributed by atoms with Gasteiger partial charge in [0, 0.05) is 11.6 Å². The van der Waals surface area contributed by atoms with E-state index in [-0.39, 0.29) is 11.3 Å². The van der Waals surface area contributed by atoms with Crippen LogP contribution in [0.3, 0.4) is 0 Å². The Labute approximate surface area is 145 Å². The molecule has 0 saturated carbocycles. The Bertz CT molecular complexity index is 794. The predicted molar refractivity (Wildman–Crippen MR) is 94.3 cm³/mol. The van der Waals surface area contributed by atoms with Gasteiger partial charge in [-0.25, -0.2) is 4.79 Å². The maximum absolute atomic E-state index is 11.8. The standard InChI is InChI=1S/C19H20O6/c1-4-25-18-10-12(5-8-16(18)20)9-15(19(21)22)14-7-6-13(23-2)11-17(14)24-3/h5-11,20H,4H2,1-3H3,(H,21,22)/b15-9-. The van der Waals surface area contributed by atoms with Crippen LogP contribution in [0.25, 0.3) is 11.6 Å². The Kier molecular flexibility index (Phi) is 5.89. The van der Waals surface area contributed by atoms with E-state index in [1.807, 2.05) is 0 Å². The zero-order chi connectivity index (χ0) is 18.4. The molecule has 0 unspecified atom stereocenters. The van der Waals surface area contributed by atoms with Gasteiger partial charge in [-0.1, -0.05) is 6.07 Å². The summed E-state index contributed by atoms with van der Waals surface area (Å²) < 4.78 is 15.8. The van der Waals surface area contributed by atoms with Gasteiger partial charge < -0.3 is 24.4 Å². The minimum atomic E-state index is -1.10. The van der Waals surface area contributed by atoms with Gasteiger partial charge in [-0.3, -0.25) is 0 Å². The van der Waals surface area contributed by atoms with Crippen LogP contribution in [0, 0.1) is 0 Å². The molecule has 0 radical (unpaired) electrons. The molecule has 0 atom stereocenters. The molecule has 0 aliphatic rings. The SMILES string of the molecule is CCOc1cc(/C=C(\C(=O)O)c2ccc(OC)cc2OC)ccc1O. The Morgan fingerprint density at radius 1 is 1.08 bits per heavy atom. The summed E-state index contributed by atoms with van der Waals surface area (Å²) >= 11 is 0. The molecular formula is C19H20O6. The highest BCUT2D eigenvalue weighted by Crippen LogP contribution is 2.33. The maximum atomic E-state index is 11.8. The van der Waals surface area contributed by atoms with E-state index in [2.05, 4.69) is 0 Å². The highest BCUT2D eigenvalue weighted by molar-refractivity contribution is 6.21. The van der Waals surface area contributed by atoms with E-state index < -0.39 is 5.97 Å². The van der Waals surface area contributed by atoms with Crippen LogP contribution in [-0.2, 0) is 4.79 Å². The van der Waals surface area contributed by atoms with Crippen molar-refractivity contribution >= 4 is 17.6 Å². The summed E-state index contributed by atoms with van der Waals surface area (Å²) in [5, 5.41) is 19.4. The summed E-state index contributed by atoms with van der Waals surface area (Å²) in [6, 6.07) is 9.56. The van der Waals surface area contributed by atoms with Crippen molar-refractivity contribution in [3.05, 3.63) is 47.5 Å². The number of rotatable bonds is 7. The van der Waals surface area contributed by atoms with Gasteiger partial charge in [-0.15, -0.1) is 0 Å². The van der Waals surface area contributed by atoms with Gasteiger partial charge in [0.2, 0.25) is 0 Å². The van der Waals surface area contributed by atoms with Crippen molar-refractivity contribution in [3.63, 3.8) is 0 Å². The second kappa shape index (κ2) is 8.10. The fourth-order valence-corrected chi connectivity index (χ4v) is 2.33. The molecule has 2 aromatic carbocycles. The van der Waals surface area contributed by atoms with Crippen LogP contribution in [0.1, 0.15) is 18.1 Å². The van der Waals surface area contributed by atoms with Crippen molar-refractivity contribution in [1.29, 1.82) is 0 Å². The van der Waals surface area contributed by atoms with Gasteiger partial charge in [0.15, 0.2) is 11.5 Å². The van der Waals surface area contributed by atoms with Gasteiger partial charge in [-0.05, 0) is 42.8 Å². The summed E-state index contributed by atoms with van der Waals surface area (Å²) in [7, 11) is 2.99. The largest absolute Gasteiger partial charge is 0.504 e. The smallest absolute Gasteiger partial charge is 0.336 e. The molecule has 0 aliphatic heterocycles. The van der Waals surface area contributed by atoms with Crippen molar-refractivity contribution in [2.24, 2.45) is 0 Å². The van der Waals surface area contributed by atoms with Crippen LogP contribution in [0.4, 0.5) is 0 Å². The van der Waals surface area contributed by atoms with E-state index in [0.29, 0.717) is 35.0 Å². The van der Waals surface area contributed by atoms with Crippen LogP contribution >= 0.6 is 0 Å². The summed E-state index contributed by atoms with van der Waals surface area (Å²) in [5.74, 6) is 0.139. The molecule has 0 fully saturated rings. The molecule has 0 aliphatic carbocycles. The Balaban J connectivity index is 2.54. The minimum Gasteiger partial charge on any atom is -0.504 e. The number of ether oxygens (including phenoxy) is 3. The van der Waals surface area contributed by atoms with Crippen LogP contribution in [0.5, 0.6) is 23.0 Å². The van der Waals surface area contributed by atoms with Crippen molar-refractivity contribution in [3.8, 4) is 23.0 Å². The van der Waals surface area contributed by atoms with Gasteiger partial charge in [0.05, 0.1) is 26.4 Å². The highest BCUT2D eigenvalue weighted by atomic mass is 16.5. The average Bonchev–Trinajstić information content (AvgIpc) is 2.61. The van der Waals surface area contributed by atoms with Crippen LogP contribution in [0.2, 0.25) is 0 Å².